The van der Waals surface area contributed by atoms with Crippen LogP contribution in [0.3, 0.4) is 0 Å². The van der Waals surface area contributed by atoms with Gasteiger partial charge in [-0.3, -0.25) is 0 Å². The molecule has 16 heavy (non-hydrogen) atoms. The van der Waals surface area contributed by atoms with Gasteiger partial charge in [-0.15, -0.1) is 0 Å². The number of methoxy groups -OCH3 is 1. The number of aromatic nitrogens is 4. The minimum Gasteiger partial charge on any atom is -0.494 e. The Balaban J connectivity index is 2.58. The van der Waals surface area contributed by atoms with Gasteiger partial charge in [0.1, 0.15) is 11.4 Å². The Labute approximate surface area is 101 Å². The number of hydrogen-bond donors (Lipinski definition) is 0. The molecule has 0 unspecified atom stereocenters. The first kappa shape index (κ1) is 11.0. The fourth-order valence-electron chi connectivity index (χ4n) is 1.16. The maximum atomic E-state index is 5.68. The molecule has 0 saturated carbocycles. The van der Waals surface area contributed by atoms with E-state index >= 15 is 0 Å². The van der Waals surface area contributed by atoms with E-state index < -0.39 is 0 Å². The van der Waals surface area contributed by atoms with E-state index in [1.807, 2.05) is 0 Å². The van der Waals surface area contributed by atoms with Crippen LogP contribution in [-0.4, -0.2) is 27.0 Å². The average molecular weight is 257 g/mol. The molecule has 0 spiro atoms. The Hall–Kier alpha value is -1.46. The second-order valence-electron chi connectivity index (χ2n) is 2.75. The molecule has 0 aliphatic rings. The average Bonchev–Trinajstić information content (AvgIpc) is 2.27. The van der Waals surface area contributed by atoms with Crippen LogP contribution in [-0.2, 0) is 0 Å². The number of ether oxygens (including phenoxy) is 1. The smallest absolute Gasteiger partial charge is 0.227 e. The van der Waals surface area contributed by atoms with Crippen molar-refractivity contribution in [3.8, 4) is 17.3 Å². The zero-order valence-electron chi connectivity index (χ0n) is 8.19. The van der Waals surface area contributed by atoms with Gasteiger partial charge in [0.2, 0.25) is 10.6 Å². The van der Waals surface area contributed by atoms with Crippen molar-refractivity contribution in [2.24, 2.45) is 0 Å². The molecule has 0 amide bonds. The molecule has 0 aliphatic heterocycles. The zero-order chi connectivity index (χ0) is 11.5. The summed E-state index contributed by atoms with van der Waals surface area (Å²) in [5.41, 5.74) is 0.469. The molecule has 7 heteroatoms. The van der Waals surface area contributed by atoms with Crippen LogP contribution >= 0.6 is 23.2 Å². The fraction of sp³-hybridized carbons (Fsp3) is 0.111. The molecule has 2 aromatic heterocycles. The second-order valence-corrected chi connectivity index (χ2v) is 3.43. The van der Waals surface area contributed by atoms with Crippen LogP contribution in [0.25, 0.3) is 11.5 Å². The summed E-state index contributed by atoms with van der Waals surface area (Å²) >= 11 is 11.4. The van der Waals surface area contributed by atoms with Crippen LogP contribution in [0.2, 0.25) is 10.6 Å². The Kier molecular flexibility index (Phi) is 3.17. The van der Waals surface area contributed by atoms with Gasteiger partial charge in [-0.25, -0.2) is 4.98 Å². The molecule has 0 bridgehead atoms. The molecule has 0 atom stereocenters. The topological polar surface area (TPSA) is 60.8 Å². The first-order valence-corrected chi connectivity index (χ1v) is 5.03. The van der Waals surface area contributed by atoms with Gasteiger partial charge in [0.25, 0.3) is 0 Å². The van der Waals surface area contributed by atoms with Crippen molar-refractivity contribution < 1.29 is 4.74 Å². The summed E-state index contributed by atoms with van der Waals surface area (Å²) < 4.78 is 5.13. The summed E-state index contributed by atoms with van der Waals surface area (Å²) in [5.74, 6) is 0.822. The number of hydrogen-bond acceptors (Lipinski definition) is 5. The van der Waals surface area contributed by atoms with E-state index in [1.165, 1.54) is 7.11 Å². The van der Waals surface area contributed by atoms with Gasteiger partial charge in [-0.1, -0.05) is 0 Å². The maximum absolute atomic E-state index is 5.68. The minimum atomic E-state index is 0.0164. The van der Waals surface area contributed by atoms with Gasteiger partial charge in [0, 0.05) is 6.20 Å². The van der Waals surface area contributed by atoms with Gasteiger partial charge in [-0.2, -0.15) is 15.0 Å². The van der Waals surface area contributed by atoms with Crippen LogP contribution < -0.4 is 4.74 Å². The van der Waals surface area contributed by atoms with Gasteiger partial charge >= 0.3 is 0 Å². The highest BCUT2D eigenvalue weighted by Gasteiger charge is 2.12. The van der Waals surface area contributed by atoms with E-state index in [4.69, 9.17) is 27.9 Å². The van der Waals surface area contributed by atoms with Crippen molar-refractivity contribution in [1.29, 1.82) is 0 Å². The third-order valence-electron chi connectivity index (χ3n) is 1.78. The lowest BCUT2D eigenvalue weighted by atomic mass is 10.3. The molecule has 2 rings (SSSR count). The summed E-state index contributed by atoms with van der Waals surface area (Å²) in [5, 5.41) is 0.0328. The Morgan fingerprint density at radius 1 is 1.12 bits per heavy atom. The van der Waals surface area contributed by atoms with Crippen LogP contribution in [0.5, 0.6) is 5.75 Å². The molecular formula is C9H6Cl2N4O. The van der Waals surface area contributed by atoms with Gasteiger partial charge in [0.05, 0.1) is 7.11 Å². The highest BCUT2D eigenvalue weighted by Crippen LogP contribution is 2.25. The van der Waals surface area contributed by atoms with E-state index in [1.54, 1.807) is 18.3 Å². The van der Waals surface area contributed by atoms with Crippen molar-refractivity contribution in [3.63, 3.8) is 0 Å². The van der Waals surface area contributed by atoms with Crippen LogP contribution in [0, 0.1) is 0 Å². The molecule has 0 aliphatic carbocycles. The summed E-state index contributed by atoms with van der Waals surface area (Å²) in [6.45, 7) is 0. The van der Waals surface area contributed by atoms with Crippen molar-refractivity contribution in [3.05, 3.63) is 28.9 Å². The van der Waals surface area contributed by atoms with E-state index in [2.05, 4.69) is 19.9 Å². The largest absolute Gasteiger partial charge is 0.494 e. The first-order valence-electron chi connectivity index (χ1n) is 4.27. The molecule has 5 nitrogen and oxygen atoms in total. The number of nitrogens with zero attached hydrogens (tertiary/aromatic N) is 4. The van der Waals surface area contributed by atoms with Crippen LogP contribution in [0.4, 0.5) is 0 Å². The molecule has 0 fully saturated rings. The summed E-state index contributed by atoms with van der Waals surface area (Å²) in [4.78, 5) is 15.6. The highest BCUT2D eigenvalue weighted by atomic mass is 35.5. The number of halogens is 2. The van der Waals surface area contributed by atoms with Crippen LogP contribution in [0.1, 0.15) is 0 Å². The molecule has 0 aromatic carbocycles. The third kappa shape index (κ3) is 2.20. The summed E-state index contributed by atoms with van der Waals surface area (Å²) in [6, 6.07) is 3.49. The molecule has 0 radical (unpaired) electrons. The molecule has 0 saturated heterocycles. The van der Waals surface area contributed by atoms with Gasteiger partial charge in [0.15, 0.2) is 5.82 Å². The van der Waals surface area contributed by atoms with E-state index in [0.29, 0.717) is 11.4 Å². The zero-order valence-corrected chi connectivity index (χ0v) is 9.70. The third-order valence-corrected chi connectivity index (χ3v) is 2.12. The van der Waals surface area contributed by atoms with Crippen molar-refractivity contribution in [2.45, 2.75) is 0 Å². The molecule has 0 N–H and O–H groups in total. The van der Waals surface area contributed by atoms with E-state index in [9.17, 15) is 0 Å². The standard InChI is InChI=1S/C9H6Cl2N4O/c1-16-5-3-2-4-12-6(5)7-13-8(10)15-9(11)14-7/h2-4H,1H3. The molecular weight excluding hydrogens is 251 g/mol. The van der Waals surface area contributed by atoms with Gasteiger partial charge < -0.3 is 4.74 Å². The lowest BCUT2D eigenvalue weighted by Crippen LogP contribution is -1.98. The van der Waals surface area contributed by atoms with E-state index in [-0.39, 0.29) is 16.4 Å². The summed E-state index contributed by atoms with van der Waals surface area (Å²) in [6.07, 6.45) is 1.60. The molecule has 2 heterocycles. The van der Waals surface area contributed by atoms with E-state index in [0.717, 1.165) is 0 Å². The monoisotopic (exact) mass is 256 g/mol. The maximum Gasteiger partial charge on any atom is 0.227 e. The highest BCUT2D eigenvalue weighted by molar-refractivity contribution is 6.31. The Morgan fingerprint density at radius 2 is 1.81 bits per heavy atom. The van der Waals surface area contributed by atoms with Crippen molar-refractivity contribution >= 4 is 23.2 Å². The lowest BCUT2D eigenvalue weighted by molar-refractivity contribution is 0.414. The Bertz CT molecular complexity index is 500. The molecule has 82 valence electrons. The fourth-order valence-corrected chi connectivity index (χ4v) is 1.52. The predicted molar refractivity (Wildman–Crippen MR) is 59.6 cm³/mol. The SMILES string of the molecule is COc1cccnc1-c1nc(Cl)nc(Cl)n1. The molecule has 2 aromatic rings. The lowest BCUT2D eigenvalue weighted by Gasteiger charge is -2.05. The predicted octanol–water partition coefficient (Wildman–Crippen LogP) is 2.25. The second kappa shape index (κ2) is 4.59. The normalized spacial score (nSPS) is 10.2. The summed E-state index contributed by atoms with van der Waals surface area (Å²) in [7, 11) is 1.53. The van der Waals surface area contributed by atoms with Crippen LogP contribution in [0.15, 0.2) is 18.3 Å². The van der Waals surface area contributed by atoms with Crippen molar-refractivity contribution in [1.82, 2.24) is 19.9 Å². The number of rotatable bonds is 2. The number of pyridine rings is 1. The quantitative estimate of drug-likeness (QED) is 0.825. The minimum absolute atomic E-state index is 0.0164. The van der Waals surface area contributed by atoms with Crippen molar-refractivity contribution in [2.75, 3.05) is 7.11 Å². The Morgan fingerprint density at radius 3 is 2.44 bits per heavy atom. The van der Waals surface area contributed by atoms with Gasteiger partial charge in [-0.05, 0) is 35.3 Å². The first-order chi connectivity index (χ1) is 7.70.